The molecule has 0 amide bonds. The van der Waals surface area contributed by atoms with Gasteiger partial charge in [-0.15, -0.1) is 0 Å². The molecule has 1 aromatic rings. The molecule has 3 N–H and O–H groups in total. The molecule has 0 aromatic heterocycles. The number of hydrogen-bond donors (Lipinski definition) is 2. The normalized spacial score (nSPS) is 13.6. The van der Waals surface area contributed by atoms with Crippen LogP contribution >= 0.6 is 11.6 Å². The number of halogens is 1. The minimum absolute atomic E-state index is 0.0302. The zero-order chi connectivity index (χ0) is 13.2. The Hall–Kier alpha value is -0.780. The van der Waals surface area contributed by atoms with Crippen molar-refractivity contribution in [2.24, 2.45) is 0 Å². The number of rotatable bonds is 4. The Kier molecular flexibility index (Phi) is 4.41. The molecule has 0 saturated carbocycles. The van der Waals surface area contributed by atoms with E-state index in [1.54, 1.807) is 19.9 Å². The topological polar surface area (TPSA) is 72.2 Å². The molecule has 1 unspecified atom stereocenters. The largest absolute Gasteiger partial charge is 0.398 e. The number of nitrogens with two attached hydrogens (primary N) is 1. The number of sulfonamides is 1. The van der Waals surface area contributed by atoms with Gasteiger partial charge in [0.1, 0.15) is 4.90 Å². The van der Waals surface area contributed by atoms with E-state index >= 15 is 0 Å². The quantitative estimate of drug-likeness (QED) is 0.829. The molecule has 1 aromatic carbocycles. The van der Waals surface area contributed by atoms with Crippen molar-refractivity contribution in [3.8, 4) is 0 Å². The lowest BCUT2D eigenvalue weighted by Gasteiger charge is -2.14. The summed E-state index contributed by atoms with van der Waals surface area (Å²) in [6.45, 7) is 5.47. The average Bonchev–Trinajstić information content (AvgIpc) is 2.22. The third-order valence-electron chi connectivity index (χ3n) is 2.58. The molecule has 17 heavy (non-hydrogen) atoms. The van der Waals surface area contributed by atoms with Crippen LogP contribution in [-0.2, 0) is 10.0 Å². The zero-order valence-corrected chi connectivity index (χ0v) is 11.7. The number of nitrogen functional groups attached to an aromatic ring is 1. The number of hydrogen-bond acceptors (Lipinski definition) is 3. The first-order valence-electron chi connectivity index (χ1n) is 5.36. The molecule has 6 heteroatoms. The summed E-state index contributed by atoms with van der Waals surface area (Å²) in [6, 6.07) is 2.81. The molecule has 0 fully saturated rings. The fraction of sp³-hybridized carbons (Fsp3) is 0.455. The van der Waals surface area contributed by atoms with E-state index in [0.717, 1.165) is 5.56 Å². The van der Waals surface area contributed by atoms with E-state index in [-0.39, 0.29) is 16.0 Å². The summed E-state index contributed by atoms with van der Waals surface area (Å²) in [6.07, 6.45) is 0.707. The Morgan fingerprint density at radius 3 is 2.59 bits per heavy atom. The van der Waals surface area contributed by atoms with E-state index in [0.29, 0.717) is 12.1 Å². The maximum atomic E-state index is 12.0. The number of aryl methyl sites for hydroxylation is 1. The van der Waals surface area contributed by atoms with Crippen LogP contribution in [0.1, 0.15) is 25.8 Å². The van der Waals surface area contributed by atoms with E-state index in [1.165, 1.54) is 6.07 Å². The highest BCUT2D eigenvalue weighted by Crippen LogP contribution is 2.26. The maximum absolute atomic E-state index is 12.0. The van der Waals surface area contributed by atoms with Crippen molar-refractivity contribution in [3.05, 3.63) is 22.7 Å². The molecule has 0 bridgehead atoms. The third-order valence-corrected chi connectivity index (χ3v) is 4.63. The van der Waals surface area contributed by atoms with Crippen LogP contribution < -0.4 is 10.5 Å². The molecule has 0 aliphatic rings. The summed E-state index contributed by atoms with van der Waals surface area (Å²) in [5.41, 5.74) is 6.88. The maximum Gasteiger partial charge on any atom is 0.242 e. The van der Waals surface area contributed by atoms with Crippen LogP contribution in [0.3, 0.4) is 0 Å². The number of benzene rings is 1. The second-order valence-corrected chi connectivity index (χ2v) is 6.16. The van der Waals surface area contributed by atoms with Gasteiger partial charge in [-0.2, -0.15) is 0 Å². The van der Waals surface area contributed by atoms with Crippen LogP contribution in [0.2, 0.25) is 5.02 Å². The van der Waals surface area contributed by atoms with Gasteiger partial charge in [-0.25, -0.2) is 13.1 Å². The van der Waals surface area contributed by atoms with Crippen LogP contribution in [0.4, 0.5) is 5.69 Å². The Morgan fingerprint density at radius 2 is 2.06 bits per heavy atom. The summed E-state index contributed by atoms with van der Waals surface area (Å²) in [5, 5.41) is 0.188. The summed E-state index contributed by atoms with van der Waals surface area (Å²) in [7, 11) is -3.60. The van der Waals surface area contributed by atoms with Gasteiger partial charge in [0, 0.05) is 11.7 Å². The molecular formula is C11H17ClN2O2S. The second kappa shape index (κ2) is 5.25. The number of anilines is 1. The third kappa shape index (κ3) is 3.34. The lowest BCUT2D eigenvalue weighted by atomic mass is 10.2. The van der Waals surface area contributed by atoms with E-state index < -0.39 is 10.0 Å². The molecular weight excluding hydrogens is 260 g/mol. The monoisotopic (exact) mass is 276 g/mol. The molecule has 0 radical (unpaired) electrons. The van der Waals surface area contributed by atoms with Crippen molar-refractivity contribution >= 4 is 27.3 Å². The summed E-state index contributed by atoms with van der Waals surface area (Å²) >= 11 is 5.94. The molecule has 0 spiro atoms. The van der Waals surface area contributed by atoms with E-state index in [4.69, 9.17) is 17.3 Å². The number of nitrogens with one attached hydrogen (secondary N) is 1. The van der Waals surface area contributed by atoms with Crippen LogP contribution in [0, 0.1) is 6.92 Å². The minimum Gasteiger partial charge on any atom is -0.398 e. The summed E-state index contributed by atoms with van der Waals surface area (Å²) in [4.78, 5) is 0.0302. The molecule has 1 rings (SSSR count). The Balaban J connectivity index is 3.20. The molecule has 0 aliphatic heterocycles. The fourth-order valence-electron chi connectivity index (χ4n) is 1.29. The van der Waals surface area contributed by atoms with E-state index in [1.807, 2.05) is 6.92 Å². The standard InChI is InChI=1S/C11H17ClN2O2S/c1-4-8(3)14-17(15,16)11-6-10(13)7(2)5-9(11)12/h5-6,8,14H,4,13H2,1-3H3. The van der Waals surface area contributed by atoms with Gasteiger partial charge < -0.3 is 5.73 Å². The van der Waals surface area contributed by atoms with Gasteiger partial charge in [-0.05, 0) is 38.0 Å². The van der Waals surface area contributed by atoms with Gasteiger partial charge >= 0.3 is 0 Å². The van der Waals surface area contributed by atoms with Crippen molar-refractivity contribution in [2.75, 3.05) is 5.73 Å². The van der Waals surface area contributed by atoms with Crippen LogP contribution in [0.15, 0.2) is 17.0 Å². The van der Waals surface area contributed by atoms with E-state index in [9.17, 15) is 8.42 Å². The molecule has 0 heterocycles. The SMILES string of the molecule is CCC(C)NS(=O)(=O)c1cc(N)c(C)cc1Cl. The smallest absolute Gasteiger partial charge is 0.242 e. The summed E-state index contributed by atoms with van der Waals surface area (Å²) < 4.78 is 26.6. The second-order valence-electron chi connectivity index (χ2n) is 4.07. The van der Waals surface area contributed by atoms with E-state index in [2.05, 4.69) is 4.72 Å². The van der Waals surface area contributed by atoms with Gasteiger partial charge in [0.2, 0.25) is 10.0 Å². The Bertz CT molecular complexity index is 514. The average molecular weight is 277 g/mol. The molecule has 1 atom stereocenters. The van der Waals surface area contributed by atoms with Crippen molar-refractivity contribution in [1.82, 2.24) is 4.72 Å². The van der Waals surface area contributed by atoms with Gasteiger partial charge in [0.25, 0.3) is 0 Å². The van der Waals surface area contributed by atoms with Crippen molar-refractivity contribution in [2.45, 2.75) is 38.1 Å². The predicted octanol–water partition coefficient (Wildman–Crippen LogP) is 2.31. The highest BCUT2D eigenvalue weighted by atomic mass is 35.5. The van der Waals surface area contributed by atoms with Gasteiger partial charge in [0.15, 0.2) is 0 Å². The Morgan fingerprint density at radius 1 is 1.47 bits per heavy atom. The molecule has 0 aliphatic carbocycles. The minimum atomic E-state index is -3.60. The first-order chi connectivity index (χ1) is 7.77. The van der Waals surface area contributed by atoms with Crippen LogP contribution in [0.5, 0.6) is 0 Å². The molecule has 4 nitrogen and oxygen atoms in total. The van der Waals surface area contributed by atoms with Crippen molar-refractivity contribution < 1.29 is 8.42 Å². The van der Waals surface area contributed by atoms with Gasteiger partial charge in [-0.3, -0.25) is 0 Å². The van der Waals surface area contributed by atoms with Crippen LogP contribution in [0.25, 0.3) is 0 Å². The highest BCUT2D eigenvalue weighted by Gasteiger charge is 2.20. The van der Waals surface area contributed by atoms with Crippen molar-refractivity contribution in [1.29, 1.82) is 0 Å². The highest BCUT2D eigenvalue weighted by molar-refractivity contribution is 7.89. The first-order valence-corrected chi connectivity index (χ1v) is 7.22. The molecule has 96 valence electrons. The predicted molar refractivity (Wildman–Crippen MR) is 70.7 cm³/mol. The first kappa shape index (κ1) is 14.3. The van der Waals surface area contributed by atoms with Crippen LogP contribution in [-0.4, -0.2) is 14.5 Å². The summed E-state index contributed by atoms with van der Waals surface area (Å²) in [5.74, 6) is 0. The van der Waals surface area contributed by atoms with Crippen molar-refractivity contribution in [3.63, 3.8) is 0 Å². The molecule has 0 saturated heterocycles. The van der Waals surface area contributed by atoms with Gasteiger partial charge in [0.05, 0.1) is 5.02 Å². The lowest BCUT2D eigenvalue weighted by Crippen LogP contribution is -2.32. The zero-order valence-electron chi connectivity index (χ0n) is 10.1. The fourth-order valence-corrected chi connectivity index (χ4v) is 3.23. The lowest BCUT2D eigenvalue weighted by molar-refractivity contribution is 0.556. The Labute approximate surface area is 107 Å². The van der Waals surface area contributed by atoms with Gasteiger partial charge in [-0.1, -0.05) is 18.5 Å².